The van der Waals surface area contributed by atoms with Gasteiger partial charge in [-0.1, -0.05) is 65.6 Å². The molecule has 39 heavy (non-hydrogen) atoms. The van der Waals surface area contributed by atoms with E-state index in [-0.39, 0.29) is 20.5 Å². The third-order valence-electron chi connectivity index (χ3n) is 5.26. The smallest absolute Gasteiger partial charge is 0.469 e. The molecule has 0 radical (unpaired) electrons. The molecule has 4 aromatic rings. The van der Waals surface area contributed by atoms with Crippen molar-refractivity contribution >= 4 is 30.9 Å². The highest BCUT2D eigenvalue weighted by Crippen LogP contribution is 2.43. The fourth-order valence-corrected chi connectivity index (χ4v) is 5.64. The Balaban J connectivity index is 1.55. The molecule has 3 aromatic carbocycles. The molecule has 1 heterocycles. The molecule has 0 aliphatic rings. The predicted octanol–water partition coefficient (Wildman–Crippen LogP) is 6.24. The van der Waals surface area contributed by atoms with Crippen LogP contribution >= 0.6 is 30.9 Å². The van der Waals surface area contributed by atoms with Crippen LogP contribution in [0.5, 0.6) is 5.75 Å². The summed E-state index contributed by atoms with van der Waals surface area (Å²) in [7, 11) is -4.77. The molecule has 0 bridgehead atoms. The highest BCUT2D eigenvalue weighted by atomic mass is 32.2. The Kier molecular flexibility index (Phi) is 8.82. The highest BCUT2D eigenvalue weighted by Gasteiger charge is 2.35. The minimum Gasteiger partial charge on any atom is -0.489 e. The van der Waals surface area contributed by atoms with E-state index >= 15 is 0 Å². The molecule has 8 nitrogen and oxygen atoms in total. The first kappa shape index (κ1) is 29.2. The normalized spacial score (nSPS) is 13.7. The molecule has 14 heteroatoms. The van der Waals surface area contributed by atoms with Gasteiger partial charge in [-0.3, -0.25) is 4.52 Å². The number of rotatable bonds is 10. The van der Waals surface area contributed by atoms with Crippen molar-refractivity contribution in [1.29, 1.82) is 0 Å². The van der Waals surface area contributed by atoms with Crippen LogP contribution in [0.25, 0.3) is 10.6 Å². The molecule has 0 fully saturated rings. The molecule has 0 aliphatic carbocycles. The Hall–Kier alpha value is -2.77. The lowest BCUT2D eigenvalue weighted by molar-refractivity contribution is -0.139. The Morgan fingerprint density at radius 2 is 1.77 bits per heavy atom. The molecule has 0 spiro atoms. The Morgan fingerprint density at radius 3 is 2.46 bits per heavy atom. The van der Waals surface area contributed by atoms with Gasteiger partial charge in [0.05, 0.1) is 17.7 Å². The van der Waals surface area contributed by atoms with E-state index in [4.69, 9.17) is 20.3 Å². The summed E-state index contributed by atoms with van der Waals surface area (Å²) in [5.74, 6) is 0.531. The number of hydrogen-bond donors (Lipinski definition) is 3. The van der Waals surface area contributed by atoms with Gasteiger partial charge in [-0.25, -0.2) is 4.57 Å². The second-order valence-corrected chi connectivity index (χ2v) is 12.0. The quantitative estimate of drug-likeness (QED) is 0.182. The van der Waals surface area contributed by atoms with Gasteiger partial charge < -0.3 is 20.3 Å². The third-order valence-corrected chi connectivity index (χ3v) is 8.04. The molecule has 1 aromatic heterocycles. The van der Waals surface area contributed by atoms with E-state index < -0.39 is 31.7 Å². The molecule has 4 rings (SSSR count). The summed E-state index contributed by atoms with van der Waals surface area (Å²) in [6, 6.07) is 20.2. The minimum absolute atomic E-state index is 0.00472. The monoisotopic (exact) mass is 597 g/mol. The maximum Gasteiger partial charge on any atom is 0.469 e. The van der Waals surface area contributed by atoms with Crippen LogP contribution in [0.2, 0.25) is 0 Å². The van der Waals surface area contributed by atoms with Gasteiger partial charge in [0.25, 0.3) is 0 Å². The van der Waals surface area contributed by atoms with E-state index in [1.54, 1.807) is 24.3 Å². The number of nitrogens with two attached hydrogens (primary N) is 1. The molecule has 0 amide bonds. The van der Waals surface area contributed by atoms with E-state index in [0.29, 0.717) is 17.3 Å². The van der Waals surface area contributed by atoms with Gasteiger partial charge in [0, 0.05) is 15.4 Å². The van der Waals surface area contributed by atoms with Crippen LogP contribution in [0.1, 0.15) is 23.1 Å². The van der Waals surface area contributed by atoms with E-state index in [1.165, 1.54) is 19.1 Å². The summed E-state index contributed by atoms with van der Waals surface area (Å²) in [6.45, 7) is 1.18. The summed E-state index contributed by atoms with van der Waals surface area (Å²) < 4.78 is 63.5. The largest absolute Gasteiger partial charge is 0.489 e. The average molecular weight is 598 g/mol. The lowest BCUT2D eigenvalue weighted by Crippen LogP contribution is -2.37. The predicted molar refractivity (Wildman–Crippen MR) is 141 cm³/mol. The van der Waals surface area contributed by atoms with Gasteiger partial charge in [-0.2, -0.15) is 13.2 Å². The SMILES string of the molecule is C[C@](N)(COP(=O)(O)O)c1nnc(-c2ccc(Sc3cccc(OCc4ccccc4)c3)c(C(F)(F)F)c2)s1. The number of ether oxygens (including phenoxy) is 1. The molecular formula is C25H23F3N3O5PS2. The summed E-state index contributed by atoms with van der Waals surface area (Å²) >= 11 is 1.86. The Bertz CT molecular complexity index is 1480. The van der Waals surface area contributed by atoms with Gasteiger partial charge >= 0.3 is 14.0 Å². The first-order chi connectivity index (χ1) is 18.3. The van der Waals surface area contributed by atoms with Crippen LogP contribution in [-0.4, -0.2) is 26.6 Å². The van der Waals surface area contributed by atoms with Crippen molar-refractivity contribution in [2.45, 2.75) is 35.0 Å². The van der Waals surface area contributed by atoms with Crippen LogP contribution in [0.15, 0.2) is 82.6 Å². The van der Waals surface area contributed by atoms with Crippen molar-refractivity contribution in [3.05, 3.63) is 88.9 Å². The van der Waals surface area contributed by atoms with Crippen LogP contribution in [0, 0.1) is 0 Å². The second kappa shape index (κ2) is 11.8. The third kappa shape index (κ3) is 8.12. The van der Waals surface area contributed by atoms with Gasteiger partial charge in [-0.15, -0.1) is 10.2 Å². The van der Waals surface area contributed by atoms with Crippen molar-refractivity contribution in [1.82, 2.24) is 10.2 Å². The van der Waals surface area contributed by atoms with E-state index in [0.717, 1.165) is 34.7 Å². The van der Waals surface area contributed by atoms with Crippen molar-refractivity contribution < 1.29 is 36.8 Å². The van der Waals surface area contributed by atoms with Gasteiger partial charge in [-0.05, 0) is 42.8 Å². The number of benzene rings is 3. The molecular weight excluding hydrogens is 574 g/mol. The molecule has 4 N–H and O–H groups in total. The topological polar surface area (TPSA) is 128 Å². The lowest BCUT2D eigenvalue weighted by atomic mass is 10.1. The van der Waals surface area contributed by atoms with E-state index in [9.17, 15) is 17.7 Å². The number of aromatic nitrogens is 2. The molecule has 0 aliphatic heterocycles. The molecule has 206 valence electrons. The zero-order valence-electron chi connectivity index (χ0n) is 20.3. The van der Waals surface area contributed by atoms with Crippen molar-refractivity contribution in [2.24, 2.45) is 5.73 Å². The number of phosphoric ester groups is 1. The minimum atomic E-state index is -4.77. The number of nitrogens with zero attached hydrogens (tertiary/aromatic N) is 2. The van der Waals surface area contributed by atoms with Crippen LogP contribution < -0.4 is 10.5 Å². The molecule has 1 atom stereocenters. The van der Waals surface area contributed by atoms with Gasteiger partial charge in [0.2, 0.25) is 0 Å². The Morgan fingerprint density at radius 1 is 1.03 bits per heavy atom. The number of halogens is 3. The molecule has 0 saturated carbocycles. The van der Waals surface area contributed by atoms with Gasteiger partial charge in [0.15, 0.2) is 0 Å². The van der Waals surface area contributed by atoms with Crippen molar-refractivity contribution in [3.8, 4) is 16.3 Å². The average Bonchev–Trinajstić information content (AvgIpc) is 3.38. The standard InChI is InChI=1S/C25H23F3N3O5PS2/c1-24(29,15-36-37(32,33)34)23-31-30-22(39-23)17-10-11-21(20(12-17)25(26,27)28)38-19-9-5-8-18(13-19)35-14-16-6-3-2-4-7-16/h2-13H,14-15,29H2,1H3,(H2,32,33,34)/t24-/m0/s1. The summed E-state index contributed by atoms with van der Waals surface area (Å²) in [4.78, 5) is 18.4. The first-order valence-corrected chi connectivity index (χ1v) is 14.5. The molecule has 0 unspecified atom stereocenters. The fourth-order valence-electron chi connectivity index (χ4n) is 3.32. The van der Waals surface area contributed by atoms with Crippen LogP contribution in [0.3, 0.4) is 0 Å². The van der Waals surface area contributed by atoms with E-state index in [1.807, 2.05) is 30.3 Å². The lowest BCUT2D eigenvalue weighted by Gasteiger charge is -2.21. The zero-order valence-corrected chi connectivity index (χ0v) is 22.9. The number of hydrogen-bond acceptors (Lipinski definition) is 8. The summed E-state index contributed by atoms with van der Waals surface area (Å²) in [5.41, 5.74) is 4.92. The maximum absolute atomic E-state index is 14.1. The van der Waals surface area contributed by atoms with Crippen LogP contribution in [0.4, 0.5) is 13.2 Å². The zero-order chi connectivity index (χ0) is 28.3. The molecule has 0 saturated heterocycles. The maximum atomic E-state index is 14.1. The van der Waals surface area contributed by atoms with Crippen molar-refractivity contribution in [3.63, 3.8) is 0 Å². The Labute approximate surface area is 230 Å². The highest BCUT2D eigenvalue weighted by molar-refractivity contribution is 7.99. The van der Waals surface area contributed by atoms with Gasteiger partial charge in [0.1, 0.15) is 22.4 Å². The number of alkyl halides is 3. The number of phosphoric acid groups is 1. The van der Waals surface area contributed by atoms with Crippen molar-refractivity contribution in [2.75, 3.05) is 6.61 Å². The fraction of sp³-hybridized carbons (Fsp3) is 0.200. The summed E-state index contributed by atoms with van der Waals surface area (Å²) in [6.07, 6.45) is -4.65. The van der Waals surface area contributed by atoms with E-state index in [2.05, 4.69) is 14.7 Å². The first-order valence-electron chi connectivity index (χ1n) is 11.3. The second-order valence-electron chi connectivity index (χ2n) is 8.65. The summed E-state index contributed by atoms with van der Waals surface area (Å²) in [5, 5.41) is 8.15. The van der Waals surface area contributed by atoms with Crippen LogP contribution in [-0.2, 0) is 27.4 Å².